The first-order valence-electron chi connectivity index (χ1n) is 6.24. The summed E-state index contributed by atoms with van der Waals surface area (Å²) in [5, 5.41) is 3.28. The number of aryl methyl sites for hydroxylation is 1. The van der Waals surface area contributed by atoms with Crippen molar-refractivity contribution in [3.8, 4) is 0 Å². The highest BCUT2D eigenvalue weighted by Crippen LogP contribution is 2.15. The average Bonchev–Trinajstić information content (AvgIpc) is 2.39. The second kappa shape index (κ2) is 6.76. The van der Waals surface area contributed by atoms with Crippen molar-refractivity contribution in [2.75, 3.05) is 20.1 Å². The number of carbonyl (C=O) groups excluding carboxylic acids is 1. The van der Waals surface area contributed by atoms with Gasteiger partial charge in [0.25, 0.3) is 5.91 Å². The van der Waals surface area contributed by atoms with Crippen molar-refractivity contribution < 1.29 is 4.79 Å². The molecule has 100 valence electrons. The molecule has 0 atom stereocenters. The lowest BCUT2D eigenvalue weighted by Crippen LogP contribution is -2.44. The third-order valence-electron chi connectivity index (χ3n) is 3.57. The minimum atomic E-state index is 0. The molecule has 1 heterocycles. The molecule has 1 aliphatic heterocycles. The third-order valence-corrected chi connectivity index (χ3v) is 3.57. The van der Waals surface area contributed by atoms with E-state index < -0.39 is 0 Å². The molecule has 0 aliphatic carbocycles. The normalized spacial score (nSPS) is 16.2. The molecule has 0 aromatic heterocycles. The Bertz CT molecular complexity index is 401. The Morgan fingerprint density at radius 2 is 1.89 bits per heavy atom. The second-order valence-electron chi connectivity index (χ2n) is 4.67. The zero-order valence-electron chi connectivity index (χ0n) is 11.0. The number of nitrogens with one attached hydrogen (secondary N) is 1. The predicted octanol–water partition coefficient (Wildman–Crippen LogP) is 2.24. The van der Waals surface area contributed by atoms with Crippen LogP contribution in [0.4, 0.5) is 0 Å². The number of benzene rings is 1. The number of halogens is 1. The molecule has 0 unspecified atom stereocenters. The maximum absolute atomic E-state index is 12.3. The number of nitrogens with zero attached hydrogens (tertiary/aromatic N) is 1. The van der Waals surface area contributed by atoms with E-state index in [0.29, 0.717) is 6.04 Å². The highest BCUT2D eigenvalue weighted by Gasteiger charge is 2.23. The molecule has 1 aliphatic rings. The molecule has 0 saturated carbocycles. The number of amides is 1. The van der Waals surface area contributed by atoms with Gasteiger partial charge in [-0.1, -0.05) is 18.2 Å². The Morgan fingerprint density at radius 3 is 2.44 bits per heavy atom. The summed E-state index contributed by atoms with van der Waals surface area (Å²) in [7, 11) is 1.99. The van der Waals surface area contributed by atoms with Crippen molar-refractivity contribution in [2.24, 2.45) is 0 Å². The van der Waals surface area contributed by atoms with E-state index >= 15 is 0 Å². The quantitative estimate of drug-likeness (QED) is 0.892. The molecule has 1 saturated heterocycles. The van der Waals surface area contributed by atoms with E-state index in [9.17, 15) is 4.79 Å². The lowest BCUT2D eigenvalue weighted by Gasteiger charge is -2.32. The van der Waals surface area contributed by atoms with E-state index in [0.717, 1.165) is 37.1 Å². The van der Waals surface area contributed by atoms with Gasteiger partial charge in [-0.2, -0.15) is 0 Å². The van der Waals surface area contributed by atoms with Gasteiger partial charge in [0.15, 0.2) is 0 Å². The molecule has 0 spiro atoms. The van der Waals surface area contributed by atoms with Gasteiger partial charge in [-0.05, 0) is 38.4 Å². The Labute approximate surface area is 115 Å². The van der Waals surface area contributed by atoms with Crippen LogP contribution in [0.2, 0.25) is 0 Å². The minimum absolute atomic E-state index is 0. The summed E-state index contributed by atoms with van der Waals surface area (Å²) in [5.41, 5.74) is 1.91. The van der Waals surface area contributed by atoms with Gasteiger partial charge in [0.05, 0.1) is 0 Å². The lowest BCUT2D eigenvalue weighted by molar-refractivity contribution is 0.0706. The minimum Gasteiger partial charge on any atom is -0.339 e. The molecule has 0 bridgehead atoms. The van der Waals surface area contributed by atoms with Crippen molar-refractivity contribution in [3.63, 3.8) is 0 Å². The first-order valence-corrected chi connectivity index (χ1v) is 6.24. The number of carbonyl (C=O) groups is 1. The van der Waals surface area contributed by atoms with E-state index in [2.05, 4.69) is 5.32 Å². The standard InChI is InChI=1S/C14H20N2O.ClH/c1-11-5-3-4-6-13(11)14(17)16-9-7-12(15-2)8-10-16;/h3-6,12,15H,7-10H2,1-2H3;1H. The van der Waals surface area contributed by atoms with Crippen molar-refractivity contribution in [2.45, 2.75) is 25.8 Å². The zero-order chi connectivity index (χ0) is 12.3. The Morgan fingerprint density at radius 1 is 1.28 bits per heavy atom. The molecular formula is C14H21ClN2O. The molecular weight excluding hydrogens is 248 g/mol. The monoisotopic (exact) mass is 268 g/mol. The summed E-state index contributed by atoms with van der Waals surface area (Å²) < 4.78 is 0. The van der Waals surface area contributed by atoms with Crippen LogP contribution in [0.3, 0.4) is 0 Å². The van der Waals surface area contributed by atoms with Crippen molar-refractivity contribution in [1.29, 1.82) is 0 Å². The smallest absolute Gasteiger partial charge is 0.254 e. The van der Waals surface area contributed by atoms with Gasteiger partial charge in [0.2, 0.25) is 0 Å². The highest BCUT2D eigenvalue weighted by molar-refractivity contribution is 5.95. The first kappa shape index (κ1) is 15.0. The van der Waals surface area contributed by atoms with Crippen LogP contribution in [0.5, 0.6) is 0 Å². The number of hydrogen-bond acceptors (Lipinski definition) is 2. The Hall–Kier alpha value is -1.06. The fourth-order valence-electron chi connectivity index (χ4n) is 2.35. The van der Waals surface area contributed by atoms with Gasteiger partial charge in [-0.25, -0.2) is 0 Å². The molecule has 1 N–H and O–H groups in total. The van der Waals surface area contributed by atoms with Crippen LogP contribution in [0.1, 0.15) is 28.8 Å². The summed E-state index contributed by atoms with van der Waals surface area (Å²) in [6.07, 6.45) is 2.10. The van der Waals surface area contributed by atoms with Gasteiger partial charge in [-0.15, -0.1) is 12.4 Å². The molecule has 4 heteroatoms. The fraction of sp³-hybridized carbons (Fsp3) is 0.500. The number of likely N-dealkylation sites (tertiary alicyclic amines) is 1. The molecule has 3 nitrogen and oxygen atoms in total. The van der Waals surface area contributed by atoms with Crippen LogP contribution in [0.15, 0.2) is 24.3 Å². The van der Waals surface area contributed by atoms with E-state index in [1.54, 1.807) is 0 Å². The number of hydrogen-bond donors (Lipinski definition) is 1. The van der Waals surface area contributed by atoms with Crippen molar-refractivity contribution >= 4 is 18.3 Å². The van der Waals surface area contributed by atoms with E-state index in [-0.39, 0.29) is 18.3 Å². The van der Waals surface area contributed by atoms with Crippen LogP contribution in [0.25, 0.3) is 0 Å². The van der Waals surface area contributed by atoms with Crippen LogP contribution < -0.4 is 5.32 Å². The highest BCUT2D eigenvalue weighted by atomic mass is 35.5. The molecule has 2 rings (SSSR count). The summed E-state index contributed by atoms with van der Waals surface area (Å²) in [5.74, 6) is 0.178. The summed E-state index contributed by atoms with van der Waals surface area (Å²) in [6, 6.07) is 8.38. The largest absolute Gasteiger partial charge is 0.339 e. The maximum atomic E-state index is 12.3. The zero-order valence-corrected chi connectivity index (χ0v) is 11.8. The van der Waals surface area contributed by atoms with Gasteiger partial charge in [0, 0.05) is 24.7 Å². The predicted molar refractivity (Wildman–Crippen MR) is 76.4 cm³/mol. The van der Waals surface area contributed by atoms with E-state index in [1.165, 1.54) is 0 Å². The average molecular weight is 269 g/mol. The maximum Gasteiger partial charge on any atom is 0.254 e. The van der Waals surface area contributed by atoms with Gasteiger partial charge in [0.1, 0.15) is 0 Å². The molecule has 0 radical (unpaired) electrons. The molecule has 1 aromatic carbocycles. The fourth-order valence-corrected chi connectivity index (χ4v) is 2.35. The van der Waals surface area contributed by atoms with Gasteiger partial charge in [-0.3, -0.25) is 4.79 Å². The van der Waals surface area contributed by atoms with Crippen LogP contribution in [0, 0.1) is 6.92 Å². The van der Waals surface area contributed by atoms with E-state index in [1.807, 2.05) is 43.1 Å². The van der Waals surface area contributed by atoms with Crippen molar-refractivity contribution in [3.05, 3.63) is 35.4 Å². The Balaban J connectivity index is 0.00000162. The third kappa shape index (κ3) is 3.24. The first-order chi connectivity index (χ1) is 8.22. The van der Waals surface area contributed by atoms with E-state index in [4.69, 9.17) is 0 Å². The van der Waals surface area contributed by atoms with Crippen molar-refractivity contribution in [1.82, 2.24) is 10.2 Å². The van der Waals surface area contributed by atoms with Crippen LogP contribution in [-0.4, -0.2) is 37.0 Å². The van der Waals surface area contributed by atoms with Gasteiger partial charge >= 0.3 is 0 Å². The van der Waals surface area contributed by atoms with Gasteiger partial charge < -0.3 is 10.2 Å². The number of piperidine rings is 1. The van der Waals surface area contributed by atoms with Crippen LogP contribution >= 0.6 is 12.4 Å². The number of rotatable bonds is 2. The van der Waals surface area contributed by atoms with Crippen LogP contribution in [-0.2, 0) is 0 Å². The lowest BCUT2D eigenvalue weighted by atomic mass is 10.0. The summed E-state index contributed by atoms with van der Waals surface area (Å²) >= 11 is 0. The molecule has 1 aromatic rings. The summed E-state index contributed by atoms with van der Waals surface area (Å²) in [4.78, 5) is 14.3. The Kier molecular flexibility index (Phi) is 5.63. The topological polar surface area (TPSA) is 32.3 Å². The SMILES string of the molecule is CNC1CCN(C(=O)c2ccccc2C)CC1.Cl. The summed E-state index contributed by atoms with van der Waals surface area (Å²) in [6.45, 7) is 3.71. The second-order valence-corrected chi connectivity index (χ2v) is 4.67. The molecule has 18 heavy (non-hydrogen) atoms. The molecule has 1 amide bonds. The molecule has 1 fully saturated rings.